The molecule has 8 heteroatoms. The Kier molecular flexibility index (Phi) is 3.02. The number of ether oxygens (including phenoxy) is 3. The summed E-state index contributed by atoms with van der Waals surface area (Å²) in [5.41, 5.74) is -0.109. The third-order valence-electron chi connectivity index (χ3n) is 5.12. The first-order valence-electron chi connectivity index (χ1n) is 7.89. The van der Waals surface area contributed by atoms with Gasteiger partial charge in [0, 0.05) is 12.5 Å². The van der Waals surface area contributed by atoms with Gasteiger partial charge in [-0.1, -0.05) is 11.6 Å². The van der Waals surface area contributed by atoms with Crippen LogP contribution in [-0.4, -0.2) is 36.0 Å². The van der Waals surface area contributed by atoms with E-state index in [0.717, 1.165) is 0 Å². The minimum atomic E-state index is -1.01. The highest BCUT2D eigenvalue weighted by atomic mass is 35.5. The lowest BCUT2D eigenvalue weighted by Gasteiger charge is -2.15. The maximum absolute atomic E-state index is 12.4. The second-order valence-electron chi connectivity index (χ2n) is 6.35. The summed E-state index contributed by atoms with van der Waals surface area (Å²) in [6.07, 6.45) is -1.07. The molecule has 1 saturated heterocycles. The molecule has 7 nitrogen and oxygen atoms in total. The number of aliphatic hydroxyl groups excluding tert-OH is 1. The van der Waals surface area contributed by atoms with Crippen molar-refractivity contribution >= 4 is 28.4 Å². The number of ketones is 1. The van der Waals surface area contributed by atoms with Crippen LogP contribution in [0.1, 0.15) is 33.8 Å². The maximum atomic E-state index is 12.4. The maximum Gasteiger partial charge on any atom is 0.347 e. The summed E-state index contributed by atoms with van der Waals surface area (Å²) >= 11 is 5.97. The third kappa shape index (κ3) is 1.83. The molecule has 1 N–H and O–H groups in total. The number of carbonyl (C=O) groups excluding carboxylic acids is 1. The fraction of sp³-hybridized carbons (Fsp3) is 0.412. The van der Waals surface area contributed by atoms with Gasteiger partial charge in [-0.2, -0.15) is 0 Å². The molecule has 1 aliphatic carbocycles. The van der Waals surface area contributed by atoms with Gasteiger partial charge in [0.15, 0.2) is 11.3 Å². The molecule has 0 amide bonds. The predicted molar refractivity (Wildman–Crippen MR) is 85.6 cm³/mol. The Morgan fingerprint density at radius 2 is 2.12 bits per heavy atom. The van der Waals surface area contributed by atoms with Gasteiger partial charge in [-0.25, -0.2) is 4.79 Å². The minimum Gasteiger partial charge on any atom is -0.496 e. The van der Waals surface area contributed by atoms with E-state index in [-0.39, 0.29) is 23.4 Å². The highest BCUT2D eigenvalue weighted by Crippen LogP contribution is 2.52. The van der Waals surface area contributed by atoms with Crippen molar-refractivity contribution in [3.63, 3.8) is 0 Å². The molecule has 25 heavy (non-hydrogen) atoms. The first-order chi connectivity index (χ1) is 12.0. The van der Waals surface area contributed by atoms with Crippen molar-refractivity contribution in [2.24, 2.45) is 0 Å². The van der Waals surface area contributed by atoms with Crippen LogP contribution in [0.15, 0.2) is 15.3 Å². The Balaban J connectivity index is 1.88. The number of halogens is 1. The Bertz CT molecular complexity index is 995. The zero-order chi connectivity index (χ0) is 17.5. The van der Waals surface area contributed by atoms with Crippen LogP contribution < -0.4 is 15.1 Å². The van der Waals surface area contributed by atoms with Gasteiger partial charge in [-0.15, -0.1) is 0 Å². The largest absolute Gasteiger partial charge is 0.496 e. The van der Waals surface area contributed by atoms with Gasteiger partial charge in [0.1, 0.15) is 28.7 Å². The summed E-state index contributed by atoms with van der Waals surface area (Å²) in [5.74, 6) is 0.0475. The van der Waals surface area contributed by atoms with Crippen molar-refractivity contribution in [1.82, 2.24) is 0 Å². The molecule has 3 aliphatic rings. The van der Waals surface area contributed by atoms with Crippen LogP contribution in [0.2, 0.25) is 0 Å². The van der Waals surface area contributed by atoms with Crippen LogP contribution >= 0.6 is 11.6 Å². The molecule has 130 valence electrons. The molecular formula is C17H13ClO7. The normalized spacial score (nSPS) is 29.5. The average molecular weight is 365 g/mol. The molecule has 0 spiro atoms. The number of hydrogen-bond acceptors (Lipinski definition) is 7. The summed E-state index contributed by atoms with van der Waals surface area (Å²) in [5, 5.41) is 10.9. The molecule has 5 rings (SSSR count). The lowest BCUT2D eigenvalue weighted by atomic mass is 9.92. The van der Waals surface area contributed by atoms with Crippen LogP contribution in [0.4, 0.5) is 0 Å². The Hall–Kier alpha value is -2.09. The first-order valence-corrected chi connectivity index (χ1v) is 8.33. The molecule has 1 aromatic heterocycles. The lowest BCUT2D eigenvalue weighted by Crippen LogP contribution is -2.22. The van der Waals surface area contributed by atoms with E-state index < -0.39 is 29.5 Å². The van der Waals surface area contributed by atoms with Crippen molar-refractivity contribution < 1.29 is 28.5 Å². The minimum absolute atomic E-state index is 0.0830. The van der Waals surface area contributed by atoms with E-state index in [1.165, 1.54) is 7.11 Å². The Morgan fingerprint density at radius 3 is 2.88 bits per heavy atom. The zero-order valence-electron chi connectivity index (χ0n) is 13.1. The molecule has 1 fully saturated rings. The summed E-state index contributed by atoms with van der Waals surface area (Å²) < 4.78 is 22.1. The molecule has 4 atom stereocenters. The van der Waals surface area contributed by atoms with E-state index in [4.69, 9.17) is 30.2 Å². The number of aryl methyl sites for hydroxylation is 1. The number of carbonyl (C=O) groups is 1. The second-order valence-corrected chi connectivity index (χ2v) is 6.78. The van der Waals surface area contributed by atoms with Crippen molar-refractivity contribution in [2.45, 2.75) is 36.7 Å². The molecule has 2 aliphatic heterocycles. The second kappa shape index (κ2) is 4.97. The highest BCUT2D eigenvalue weighted by molar-refractivity contribution is 6.20. The SMILES string of the molecule is COc1cc2c(c3oc(=O)c4c(c13)CCC4=O)[C@H]1[C@@H](O2)O[C@@H](Cl)[C@@H]1O. The first kappa shape index (κ1) is 15.2. The van der Waals surface area contributed by atoms with Gasteiger partial charge in [-0.05, 0) is 12.0 Å². The Labute approximate surface area is 146 Å². The molecule has 3 heterocycles. The quantitative estimate of drug-likeness (QED) is 0.607. The fourth-order valence-electron chi connectivity index (χ4n) is 4.03. The number of hydrogen-bond donors (Lipinski definition) is 1. The van der Waals surface area contributed by atoms with Gasteiger partial charge < -0.3 is 23.7 Å². The van der Waals surface area contributed by atoms with E-state index in [0.29, 0.717) is 34.4 Å². The lowest BCUT2D eigenvalue weighted by molar-refractivity contribution is -0.0482. The van der Waals surface area contributed by atoms with Gasteiger partial charge in [-0.3, -0.25) is 4.79 Å². The predicted octanol–water partition coefficient (Wildman–Crippen LogP) is 1.69. The molecule has 2 aromatic rings. The summed E-state index contributed by atoms with van der Waals surface area (Å²) in [4.78, 5) is 24.4. The summed E-state index contributed by atoms with van der Waals surface area (Å²) in [6.45, 7) is 0. The van der Waals surface area contributed by atoms with E-state index >= 15 is 0 Å². The van der Waals surface area contributed by atoms with Gasteiger partial charge in [0.05, 0.1) is 24.0 Å². The molecular weight excluding hydrogens is 352 g/mol. The molecule has 0 radical (unpaired) electrons. The average Bonchev–Trinajstić information content (AvgIpc) is 3.21. The topological polar surface area (TPSA) is 95.2 Å². The van der Waals surface area contributed by atoms with Gasteiger partial charge in [0.25, 0.3) is 0 Å². The van der Waals surface area contributed by atoms with Gasteiger partial charge >= 0.3 is 5.63 Å². The van der Waals surface area contributed by atoms with Crippen molar-refractivity contribution in [3.05, 3.63) is 33.2 Å². The monoisotopic (exact) mass is 364 g/mol. The van der Waals surface area contributed by atoms with Crippen LogP contribution in [0.5, 0.6) is 11.5 Å². The van der Waals surface area contributed by atoms with Crippen LogP contribution in [-0.2, 0) is 11.2 Å². The zero-order valence-corrected chi connectivity index (χ0v) is 13.8. The smallest absolute Gasteiger partial charge is 0.347 e. The molecule has 0 bridgehead atoms. The third-order valence-corrected chi connectivity index (χ3v) is 5.48. The van der Waals surface area contributed by atoms with Crippen LogP contribution in [0, 0.1) is 0 Å². The number of Topliss-reactive ketones (excluding diaryl/α,β-unsaturated/α-hetero) is 1. The van der Waals surface area contributed by atoms with Crippen molar-refractivity contribution in [3.8, 4) is 11.5 Å². The van der Waals surface area contributed by atoms with E-state index in [9.17, 15) is 14.7 Å². The standard InChI is InChI=1S/C17H13ClO7/c1-22-7-4-8-11(12-13(20)15(18)25-17(12)23-8)14-10(7)5-2-3-6(19)9(5)16(21)24-14/h4,12-13,15,17,20H,2-3H2,1H3/t12-,13-,15-,17+/m1/s1. The molecule has 1 aromatic carbocycles. The number of methoxy groups -OCH3 is 1. The van der Waals surface area contributed by atoms with Crippen LogP contribution in [0.25, 0.3) is 11.0 Å². The van der Waals surface area contributed by atoms with E-state index in [2.05, 4.69) is 0 Å². The number of benzene rings is 1. The summed E-state index contributed by atoms with van der Waals surface area (Å²) in [6, 6.07) is 1.67. The summed E-state index contributed by atoms with van der Waals surface area (Å²) in [7, 11) is 1.49. The fourth-order valence-corrected chi connectivity index (χ4v) is 4.29. The number of aliphatic hydroxyl groups is 1. The van der Waals surface area contributed by atoms with Gasteiger partial charge in [0.2, 0.25) is 6.29 Å². The van der Waals surface area contributed by atoms with E-state index in [1.807, 2.05) is 0 Å². The highest BCUT2D eigenvalue weighted by Gasteiger charge is 2.52. The van der Waals surface area contributed by atoms with Crippen LogP contribution in [0.3, 0.4) is 0 Å². The molecule has 0 unspecified atom stereocenters. The number of rotatable bonds is 1. The van der Waals surface area contributed by atoms with Crippen molar-refractivity contribution in [2.75, 3.05) is 7.11 Å². The number of alkyl halides is 1. The van der Waals surface area contributed by atoms with E-state index in [1.54, 1.807) is 6.07 Å². The van der Waals surface area contributed by atoms with Crippen molar-refractivity contribution in [1.29, 1.82) is 0 Å². The Morgan fingerprint density at radius 1 is 1.32 bits per heavy atom. The molecule has 0 saturated carbocycles. The number of fused-ring (bicyclic) bond motifs is 7.